The van der Waals surface area contributed by atoms with Gasteiger partial charge in [0.15, 0.2) is 0 Å². The van der Waals surface area contributed by atoms with Crippen molar-refractivity contribution in [1.82, 2.24) is 9.62 Å². The van der Waals surface area contributed by atoms with E-state index in [-0.39, 0.29) is 16.0 Å². The first-order chi connectivity index (χ1) is 9.95. The quantitative estimate of drug-likeness (QED) is 0.900. The predicted molar refractivity (Wildman–Crippen MR) is 81.5 cm³/mol. The van der Waals surface area contributed by atoms with E-state index < -0.39 is 15.8 Å². The van der Waals surface area contributed by atoms with Crippen LogP contribution in [0.5, 0.6) is 0 Å². The van der Waals surface area contributed by atoms with Gasteiger partial charge in [0.1, 0.15) is 10.7 Å². The Hall–Kier alpha value is -0.690. The van der Waals surface area contributed by atoms with Gasteiger partial charge in [0, 0.05) is 24.2 Å². The van der Waals surface area contributed by atoms with Gasteiger partial charge in [-0.1, -0.05) is 24.9 Å². The Labute approximate surface area is 130 Å². The maximum absolute atomic E-state index is 13.9. The zero-order chi connectivity index (χ0) is 15.5. The van der Waals surface area contributed by atoms with E-state index >= 15 is 0 Å². The van der Waals surface area contributed by atoms with Crippen molar-refractivity contribution in [3.63, 3.8) is 0 Å². The number of hydrogen-bond donors (Lipinski definition) is 1. The molecular weight excluding hydrogens is 315 g/mol. The van der Waals surface area contributed by atoms with Gasteiger partial charge < -0.3 is 5.32 Å². The molecule has 0 aromatic heterocycles. The number of likely N-dealkylation sites (N-methyl/N-ethyl adjacent to an activating group) is 1. The lowest BCUT2D eigenvalue weighted by Gasteiger charge is -2.29. The number of nitrogens with one attached hydrogen (secondary N) is 1. The van der Waals surface area contributed by atoms with Crippen molar-refractivity contribution in [2.45, 2.75) is 37.1 Å². The van der Waals surface area contributed by atoms with Gasteiger partial charge in [0.05, 0.1) is 0 Å². The van der Waals surface area contributed by atoms with Crippen LogP contribution in [0, 0.1) is 5.82 Å². The Balaban J connectivity index is 2.22. The van der Waals surface area contributed by atoms with Crippen LogP contribution in [-0.2, 0) is 10.0 Å². The van der Waals surface area contributed by atoms with E-state index in [0.29, 0.717) is 13.1 Å². The van der Waals surface area contributed by atoms with Crippen LogP contribution < -0.4 is 5.32 Å². The van der Waals surface area contributed by atoms with Crippen LogP contribution in [0.3, 0.4) is 0 Å². The number of rotatable bonds is 5. The van der Waals surface area contributed by atoms with E-state index in [1.165, 1.54) is 16.4 Å². The second kappa shape index (κ2) is 7.05. The molecule has 0 bridgehead atoms. The van der Waals surface area contributed by atoms with Crippen LogP contribution in [-0.4, -0.2) is 38.4 Å². The van der Waals surface area contributed by atoms with Crippen LogP contribution in [0.4, 0.5) is 4.39 Å². The van der Waals surface area contributed by atoms with E-state index in [0.717, 1.165) is 31.9 Å². The molecule has 1 aliphatic heterocycles. The summed E-state index contributed by atoms with van der Waals surface area (Å²) in [5, 5.41) is 3.49. The van der Waals surface area contributed by atoms with Gasteiger partial charge in [-0.25, -0.2) is 12.8 Å². The van der Waals surface area contributed by atoms with E-state index in [1.54, 1.807) is 6.92 Å². The normalized spacial score (nSPS) is 19.9. The molecule has 0 spiro atoms. The Morgan fingerprint density at radius 3 is 2.76 bits per heavy atom. The first-order valence-corrected chi connectivity index (χ1v) is 8.95. The van der Waals surface area contributed by atoms with Crippen molar-refractivity contribution in [2.75, 3.05) is 19.6 Å². The zero-order valence-corrected chi connectivity index (χ0v) is 13.6. The number of halogens is 2. The van der Waals surface area contributed by atoms with Crippen molar-refractivity contribution in [1.29, 1.82) is 0 Å². The van der Waals surface area contributed by atoms with E-state index in [4.69, 9.17) is 11.6 Å². The first kappa shape index (κ1) is 16.7. The zero-order valence-electron chi connectivity index (χ0n) is 12.0. The second-order valence-corrected chi connectivity index (χ2v) is 7.52. The Kier molecular flexibility index (Phi) is 5.60. The minimum atomic E-state index is -3.84. The summed E-state index contributed by atoms with van der Waals surface area (Å²) >= 11 is 5.68. The molecule has 0 saturated carbocycles. The summed E-state index contributed by atoms with van der Waals surface area (Å²) in [6, 6.07) is 3.78. The molecule has 0 amide bonds. The monoisotopic (exact) mass is 334 g/mol. The summed E-state index contributed by atoms with van der Waals surface area (Å²) in [6.45, 7) is 3.33. The second-order valence-electron chi connectivity index (χ2n) is 5.18. The van der Waals surface area contributed by atoms with Crippen LogP contribution in [0.25, 0.3) is 0 Å². The fourth-order valence-corrected chi connectivity index (χ4v) is 4.24. The molecule has 1 unspecified atom stereocenters. The minimum Gasteiger partial charge on any atom is -0.313 e. The van der Waals surface area contributed by atoms with Crippen molar-refractivity contribution < 1.29 is 12.8 Å². The highest BCUT2D eigenvalue weighted by atomic mass is 35.5. The summed E-state index contributed by atoms with van der Waals surface area (Å²) < 4.78 is 40.4. The summed E-state index contributed by atoms with van der Waals surface area (Å²) in [6.07, 6.45) is 3.14. The summed E-state index contributed by atoms with van der Waals surface area (Å²) in [5.74, 6) is -0.808. The van der Waals surface area contributed by atoms with E-state index in [1.807, 2.05) is 0 Å². The van der Waals surface area contributed by atoms with Crippen LogP contribution in [0.2, 0.25) is 5.02 Å². The number of piperidine rings is 1. The highest BCUT2D eigenvalue weighted by Gasteiger charge is 2.29. The van der Waals surface area contributed by atoms with Crippen molar-refractivity contribution in [3.8, 4) is 0 Å². The number of benzene rings is 1. The van der Waals surface area contributed by atoms with Gasteiger partial charge in [-0.05, 0) is 37.6 Å². The lowest BCUT2D eigenvalue weighted by Crippen LogP contribution is -2.45. The molecule has 21 heavy (non-hydrogen) atoms. The van der Waals surface area contributed by atoms with Crippen molar-refractivity contribution in [3.05, 3.63) is 29.0 Å². The fraction of sp³-hybridized carbons (Fsp3) is 0.571. The standard InChI is InChI=1S/C14H20ClFN2O2S/c1-2-18(10-12-5-3-4-8-17-12)21(19,20)14-7-6-11(15)9-13(14)16/h6-7,9,12,17H,2-5,8,10H2,1H3. The molecule has 1 atom stereocenters. The number of nitrogens with zero attached hydrogens (tertiary/aromatic N) is 1. The summed E-state index contributed by atoms with van der Waals surface area (Å²) in [7, 11) is -3.84. The molecule has 0 radical (unpaired) electrons. The Morgan fingerprint density at radius 1 is 1.43 bits per heavy atom. The van der Waals surface area contributed by atoms with Gasteiger partial charge in [0.25, 0.3) is 0 Å². The maximum atomic E-state index is 13.9. The van der Waals surface area contributed by atoms with Crippen molar-refractivity contribution >= 4 is 21.6 Å². The molecule has 7 heteroatoms. The largest absolute Gasteiger partial charge is 0.313 e. The third kappa shape index (κ3) is 3.94. The molecule has 118 valence electrons. The lowest BCUT2D eigenvalue weighted by atomic mass is 10.1. The third-order valence-corrected chi connectivity index (χ3v) is 5.91. The molecule has 2 rings (SSSR count). The Morgan fingerprint density at radius 2 is 2.19 bits per heavy atom. The molecule has 1 aliphatic rings. The molecule has 4 nitrogen and oxygen atoms in total. The Bertz CT molecular complexity index is 589. The average Bonchev–Trinajstić information content (AvgIpc) is 2.45. The van der Waals surface area contributed by atoms with Crippen LogP contribution >= 0.6 is 11.6 Å². The van der Waals surface area contributed by atoms with Crippen LogP contribution in [0.15, 0.2) is 23.1 Å². The van der Waals surface area contributed by atoms with Gasteiger partial charge in [0.2, 0.25) is 10.0 Å². The van der Waals surface area contributed by atoms with E-state index in [9.17, 15) is 12.8 Å². The number of hydrogen-bond acceptors (Lipinski definition) is 3. The smallest absolute Gasteiger partial charge is 0.246 e. The van der Waals surface area contributed by atoms with E-state index in [2.05, 4.69) is 5.32 Å². The molecule has 0 aliphatic carbocycles. The van der Waals surface area contributed by atoms with Crippen molar-refractivity contribution in [2.24, 2.45) is 0 Å². The maximum Gasteiger partial charge on any atom is 0.246 e. The molecule has 1 heterocycles. The van der Waals surface area contributed by atoms with Gasteiger partial charge >= 0.3 is 0 Å². The van der Waals surface area contributed by atoms with Gasteiger partial charge in [-0.15, -0.1) is 0 Å². The highest BCUT2D eigenvalue weighted by Crippen LogP contribution is 2.23. The lowest BCUT2D eigenvalue weighted by molar-refractivity contribution is 0.318. The number of sulfonamides is 1. The topological polar surface area (TPSA) is 49.4 Å². The molecule has 1 aromatic carbocycles. The first-order valence-electron chi connectivity index (χ1n) is 7.13. The van der Waals surface area contributed by atoms with Gasteiger partial charge in [-0.2, -0.15) is 4.31 Å². The molecular formula is C14H20ClFN2O2S. The summed E-state index contributed by atoms with van der Waals surface area (Å²) in [4.78, 5) is -0.315. The molecule has 1 saturated heterocycles. The highest BCUT2D eigenvalue weighted by molar-refractivity contribution is 7.89. The molecule has 1 fully saturated rings. The predicted octanol–water partition coefficient (Wildman–Crippen LogP) is 2.63. The fourth-order valence-electron chi connectivity index (χ4n) is 2.55. The summed E-state index contributed by atoms with van der Waals surface area (Å²) in [5.41, 5.74) is 0. The van der Waals surface area contributed by atoms with Crippen LogP contribution in [0.1, 0.15) is 26.2 Å². The molecule has 1 N–H and O–H groups in total. The van der Waals surface area contributed by atoms with Gasteiger partial charge in [-0.3, -0.25) is 0 Å². The average molecular weight is 335 g/mol. The molecule has 1 aromatic rings. The minimum absolute atomic E-state index is 0.129. The SMILES string of the molecule is CCN(CC1CCCCN1)S(=O)(=O)c1ccc(Cl)cc1F. The third-order valence-electron chi connectivity index (χ3n) is 3.70.